The Balaban J connectivity index is 4.06. The van der Waals surface area contributed by atoms with Gasteiger partial charge in [0.2, 0.25) is 0 Å². The molecule has 0 heterocycles. The lowest BCUT2D eigenvalue weighted by atomic mass is 9.91. The summed E-state index contributed by atoms with van der Waals surface area (Å²) in [6, 6.07) is 0.652. The molecular formula is C15H34N2. The molecule has 1 unspecified atom stereocenters. The maximum atomic E-state index is 3.57. The van der Waals surface area contributed by atoms with Crippen LogP contribution in [-0.4, -0.2) is 37.6 Å². The topological polar surface area (TPSA) is 15.3 Å². The van der Waals surface area contributed by atoms with Crippen molar-refractivity contribution < 1.29 is 0 Å². The van der Waals surface area contributed by atoms with Crippen molar-refractivity contribution in [1.82, 2.24) is 10.2 Å². The maximum Gasteiger partial charge on any atom is 0.00871 e. The van der Waals surface area contributed by atoms with Crippen LogP contribution >= 0.6 is 0 Å². The molecule has 0 aliphatic rings. The summed E-state index contributed by atoms with van der Waals surface area (Å²) >= 11 is 0. The Hall–Kier alpha value is -0.0800. The molecule has 2 nitrogen and oxygen atoms in total. The molecule has 1 N–H and O–H groups in total. The number of rotatable bonds is 8. The molecule has 1 atom stereocenters. The molecule has 0 saturated carbocycles. The standard InChI is InChI=1S/C15H34N2/c1-12(2)9-16-10-15(6,7)11-17(8)14(5)13(3)4/h12-14,16H,9-11H2,1-8H3. The third-order valence-corrected chi connectivity index (χ3v) is 3.49. The molecule has 0 amide bonds. The summed E-state index contributed by atoms with van der Waals surface area (Å²) in [6.07, 6.45) is 0. The summed E-state index contributed by atoms with van der Waals surface area (Å²) in [5, 5.41) is 3.57. The molecule has 2 heteroatoms. The monoisotopic (exact) mass is 242 g/mol. The van der Waals surface area contributed by atoms with Crippen LogP contribution in [0, 0.1) is 17.3 Å². The number of hydrogen-bond donors (Lipinski definition) is 1. The highest BCUT2D eigenvalue weighted by molar-refractivity contribution is 4.78. The molecule has 0 saturated heterocycles. The summed E-state index contributed by atoms with van der Waals surface area (Å²) in [5.74, 6) is 1.46. The van der Waals surface area contributed by atoms with Gasteiger partial charge in [-0.05, 0) is 37.8 Å². The van der Waals surface area contributed by atoms with Crippen LogP contribution in [-0.2, 0) is 0 Å². The summed E-state index contributed by atoms with van der Waals surface area (Å²) in [5.41, 5.74) is 0.340. The first kappa shape index (κ1) is 16.9. The van der Waals surface area contributed by atoms with Gasteiger partial charge < -0.3 is 10.2 Å². The quantitative estimate of drug-likeness (QED) is 0.703. The summed E-state index contributed by atoms with van der Waals surface area (Å²) in [7, 11) is 2.24. The van der Waals surface area contributed by atoms with Gasteiger partial charge in [0.05, 0.1) is 0 Å². The molecule has 0 rings (SSSR count). The summed E-state index contributed by atoms with van der Waals surface area (Å²) < 4.78 is 0. The third-order valence-electron chi connectivity index (χ3n) is 3.49. The fraction of sp³-hybridized carbons (Fsp3) is 1.00. The van der Waals surface area contributed by atoms with Crippen molar-refractivity contribution in [2.45, 2.75) is 54.5 Å². The van der Waals surface area contributed by atoms with E-state index in [-0.39, 0.29) is 0 Å². The first-order chi connectivity index (χ1) is 7.65. The predicted molar refractivity (Wildman–Crippen MR) is 78.4 cm³/mol. The van der Waals surface area contributed by atoms with E-state index in [1.807, 2.05) is 0 Å². The molecule has 0 bridgehead atoms. The Morgan fingerprint density at radius 1 is 1.06 bits per heavy atom. The zero-order valence-electron chi connectivity index (χ0n) is 13.3. The highest BCUT2D eigenvalue weighted by atomic mass is 15.1. The van der Waals surface area contributed by atoms with Crippen molar-refractivity contribution in [1.29, 1.82) is 0 Å². The van der Waals surface area contributed by atoms with Gasteiger partial charge in [0, 0.05) is 19.1 Å². The van der Waals surface area contributed by atoms with Gasteiger partial charge in [0.15, 0.2) is 0 Å². The van der Waals surface area contributed by atoms with E-state index in [0.717, 1.165) is 31.5 Å². The zero-order valence-corrected chi connectivity index (χ0v) is 13.3. The lowest BCUT2D eigenvalue weighted by Gasteiger charge is -2.35. The van der Waals surface area contributed by atoms with Crippen molar-refractivity contribution >= 4 is 0 Å². The van der Waals surface area contributed by atoms with Crippen LogP contribution in [0.5, 0.6) is 0 Å². The molecule has 0 aliphatic heterocycles. The highest BCUT2D eigenvalue weighted by Gasteiger charge is 2.23. The van der Waals surface area contributed by atoms with Crippen LogP contribution in [0.4, 0.5) is 0 Å². The Bertz CT molecular complexity index is 197. The van der Waals surface area contributed by atoms with E-state index in [2.05, 4.69) is 65.7 Å². The highest BCUT2D eigenvalue weighted by Crippen LogP contribution is 2.18. The van der Waals surface area contributed by atoms with E-state index in [4.69, 9.17) is 0 Å². The number of hydrogen-bond acceptors (Lipinski definition) is 2. The van der Waals surface area contributed by atoms with Crippen molar-refractivity contribution in [2.24, 2.45) is 17.3 Å². The van der Waals surface area contributed by atoms with Crippen molar-refractivity contribution in [3.63, 3.8) is 0 Å². The van der Waals surface area contributed by atoms with Crippen molar-refractivity contribution in [3.8, 4) is 0 Å². The van der Waals surface area contributed by atoms with E-state index in [9.17, 15) is 0 Å². The SMILES string of the molecule is CC(C)CNCC(C)(C)CN(C)C(C)C(C)C. The van der Waals surface area contributed by atoms with Crippen molar-refractivity contribution in [3.05, 3.63) is 0 Å². The first-order valence-corrected chi connectivity index (χ1v) is 7.06. The van der Waals surface area contributed by atoms with Crippen molar-refractivity contribution in [2.75, 3.05) is 26.7 Å². The van der Waals surface area contributed by atoms with Gasteiger partial charge >= 0.3 is 0 Å². The second-order valence-electron chi connectivity index (χ2n) is 7.09. The average Bonchev–Trinajstić information content (AvgIpc) is 2.14. The largest absolute Gasteiger partial charge is 0.316 e. The van der Waals surface area contributed by atoms with E-state index < -0.39 is 0 Å². The minimum atomic E-state index is 0.340. The molecule has 0 fully saturated rings. The van der Waals surface area contributed by atoms with Crippen LogP contribution in [0.1, 0.15) is 48.5 Å². The molecule has 0 spiro atoms. The second-order valence-corrected chi connectivity index (χ2v) is 7.09. The molecule has 0 radical (unpaired) electrons. The Labute approximate surface area is 109 Å². The predicted octanol–water partition coefficient (Wildman–Crippen LogP) is 3.23. The molecule has 0 aliphatic carbocycles. The fourth-order valence-corrected chi connectivity index (χ4v) is 2.08. The van der Waals surface area contributed by atoms with E-state index in [0.29, 0.717) is 11.5 Å². The Morgan fingerprint density at radius 3 is 2.00 bits per heavy atom. The molecule has 0 aromatic carbocycles. The van der Waals surface area contributed by atoms with Crippen LogP contribution < -0.4 is 5.32 Å². The van der Waals surface area contributed by atoms with Gasteiger partial charge in [-0.3, -0.25) is 0 Å². The molecule has 104 valence electrons. The van der Waals surface area contributed by atoms with Gasteiger partial charge in [-0.1, -0.05) is 41.5 Å². The molecule has 17 heavy (non-hydrogen) atoms. The van der Waals surface area contributed by atoms with Gasteiger partial charge in [-0.25, -0.2) is 0 Å². The molecular weight excluding hydrogens is 208 g/mol. The van der Waals surface area contributed by atoms with Gasteiger partial charge in [-0.15, -0.1) is 0 Å². The van der Waals surface area contributed by atoms with Gasteiger partial charge in [0.25, 0.3) is 0 Å². The minimum Gasteiger partial charge on any atom is -0.316 e. The zero-order chi connectivity index (χ0) is 13.6. The Morgan fingerprint density at radius 2 is 1.59 bits per heavy atom. The van der Waals surface area contributed by atoms with Gasteiger partial charge in [-0.2, -0.15) is 0 Å². The third kappa shape index (κ3) is 7.77. The molecule has 0 aromatic heterocycles. The normalized spacial score (nSPS) is 15.0. The lowest BCUT2D eigenvalue weighted by molar-refractivity contribution is 0.138. The Kier molecular flexibility index (Phi) is 7.34. The smallest absolute Gasteiger partial charge is 0.00871 e. The summed E-state index contributed by atoms with van der Waals surface area (Å²) in [6.45, 7) is 19.5. The second kappa shape index (κ2) is 7.38. The van der Waals surface area contributed by atoms with E-state index >= 15 is 0 Å². The van der Waals surface area contributed by atoms with Crippen LogP contribution in [0.15, 0.2) is 0 Å². The summed E-state index contributed by atoms with van der Waals surface area (Å²) in [4.78, 5) is 2.49. The van der Waals surface area contributed by atoms with E-state index in [1.165, 1.54) is 0 Å². The average molecular weight is 242 g/mol. The maximum absolute atomic E-state index is 3.57. The number of nitrogens with one attached hydrogen (secondary N) is 1. The fourth-order valence-electron chi connectivity index (χ4n) is 2.08. The van der Waals surface area contributed by atoms with Crippen LogP contribution in [0.2, 0.25) is 0 Å². The lowest BCUT2D eigenvalue weighted by Crippen LogP contribution is -2.44. The van der Waals surface area contributed by atoms with Crippen LogP contribution in [0.25, 0.3) is 0 Å². The van der Waals surface area contributed by atoms with E-state index in [1.54, 1.807) is 0 Å². The van der Waals surface area contributed by atoms with Crippen LogP contribution in [0.3, 0.4) is 0 Å². The minimum absolute atomic E-state index is 0.340. The molecule has 0 aromatic rings. The van der Waals surface area contributed by atoms with Gasteiger partial charge in [0.1, 0.15) is 0 Å². The number of nitrogens with zero attached hydrogens (tertiary/aromatic N) is 1. The first-order valence-electron chi connectivity index (χ1n) is 7.06.